The Morgan fingerprint density at radius 1 is 1.00 bits per heavy atom. The molecule has 128 valence electrons. The van der Waals surface area contributed by atoms with Crippen molar-refractivity contribution in [1.29, 1.82) is 0 Å². The Hall–Kier alpha value is -1.01. The fourth-order valence-electron chi connectivity index (χ4n) is 2.30. The van der Waals surface area contributed by atoms with E-state index >= 15 is 0 Å². The zero-order valence-corrected chi connectivity index (χ0v) is 14.5. The van der Waals surface area contributed by atoms with Crippen molar-refractivity contribution in [2.45, 2.75) is 96.5 Å². The average molecular weight is 310 g/mol. The number of aliphatic hydroxyl groups excluding tert-OH is 1. The van der Waals surface area contributed by atoms with Gasteiger partial charge in [-0.3, -0.25) is 4.79 Å². The van der Waals surface area contributed by atoms with Crippen molar-refractivity contribution in [3.63, 3.8) is 0 Å². The third-order valence-electron chi connectivity index (χ3n) is 3.76. The Kier molecular flexibility index (Phi) is 15.6. The number of hydrogen-bond donors (Lipinski definition) is 1. The highest BCUT2D eigenvalue weighted by Crippen LogP contribution is 2.08. The molecule has 3 nitrogen and oxygen atoms in total. The van der Waals surface area contributed by atoms with Crippen LogP contribution in [-0.4, -0.2) is 24.3 Å². The molecule has 0 aliphatic heterocycles. The Bertz CT molecular complexity index is 314. The summed E-state index contributed by atoms with van der Waals surface area (Å²) in [5.41, 5.74) is 0. The van der Waals surface area contributed by atoms with Gasteiger partial charge in [0.25, 0.3) is 0 Å². The highest BCUT2D eigenvalue weighted by atomic mass is 16.5. The predicted octanol–water partition coefficient (Wildman–Crippen LogP) is 4.61. The van der Waals surface area contributed by atoms with Gasteiger partial charge in [-0.05, 0) is 19.3 Å². The molecule has 0 aromatic rings. The summed E-state index contributed by atoms with van der Waals surface area (Å²) in [6.07, 6.45) is 13.0. The zero-order chi connectivity index (χ0) is 16.5. The van der Waals surface area contributed by atoms with E-state index in [0.717, 1.165) is 51.4 Å². The van der Waals surface area contributed by atoms with E-state index in [4.69, 9.17) is 0 Å². The maximum Gasteiger partial charge on any atom is 0.305 e. The number of hydrogen-bond acceptors (Lipinski definition) is 3. The molecule has 0 heterocycles. The molecule has 0 rings (SSSR count). The molecule has 0 fully saturated rings. The summed E-state index contributed by atoms with van der Waals surface area (Å²) in [5, 5.41) is 9.77. The molecule has 3 heteroatoms. The average Bonchev–Trinajstić information content (AvgIpc) is 2.53. The van der Waals surface area contributed by atoms with Gasteiger partial charge in [0.1, 0.15) is 0 Å². The topological polar surface area (TPSA) is 46.5 Å². The largest absolute Gasteiger partial charge is 0.469 e. The van der Waals surface area contributed by atoms with Crippen LogP contribution in [0, 0.1) is 11.8 Å². The number of esters is 1. The van der Waals surface area contributed by atoms with Gasteiger partial charge in [0.15, 0.2) is 0 Å². The van der Waals surface area contributed by atoms with Crippen LogP contribution in [0.15, 0.2) is 0 Å². The minimum absolute atomic E-state index is 0.112. The molecule has 0 radical (unpaired) electrons. The van der Waals surface area contributed by atoms with Crippen molar-refractivity contribution in [3.05, 3.63) is 0 Å². The Morgan fingerprint density at radius 3 is 2.41 bits per heavy atom. The smallest absolute Gasteiger partial charge is 0.305 e. The summed E-state index contributed by atoms with van der Waals surface area (Å²) in [5.74, 6) is 6.13. The highest BCUT2D eigenvalue weighted by Gasteiger charge is 2.01. The second-order valence-electron chi connectivity index (χ2n) is 5.90. The van der Waals surface area contributed by atoms with Gasteiger partial charge in [0.2, 0.25) is 0 Å². The number of carbonyl (C=O) groups is 1. The van der Waals surface area contributed by atoms with E-state index < -0.39 is 0 Å². The second-order valence-corrected chi connectivity index (χ2v) is 5.90. The third kappa shape index (κ3) is 15.4. The van der Waals surface area contributed by atoms with Crippen molar-refractivity contribution in [2.24, 2.45) is 0 Å². The SMILES string of the molecule is CCCCCC[C@@H](O)CC#CCCCCCCCC(=O)OC. The van der Waals surface area contributed by atoms with Crippen LogP contribution < -0.4 is 0 Å². The van der Waals surface area contributed by atoms with Crippen LogP contribution in [0.1, 0.15) is 90.4 Å². The number of unbranched alkanes of at least 4 members (excludes halogenated alkanes) is 8. The lowest BCUT2D eigenvalue weighted by Gasteiger charge is -2.05. The predicted molar refractivity (Wildman–Crippen MR) is 91.5 cm³/mol. The molecule has 22 heavy (non-hydrogen) atoms. The van der Waals surface area contributed by atoms with Crippen LogP contribution >= 0.6 is 0 Å². The van der Waals surface area contributed by atoms with Gasteiger partial charge >= 0.3 is 5.97 Å². The van der Waals surface area contributed by atoms with Gasteiger partial charge < -0.3 is 9.84 Å². The van der Waals surface area contributed by atoms with Crippen LogP contribution in [0.3, 0.4) is 0 Å². The second kappa shape index (κ2) is 16.4. The van der Waals surface area contributed by atoms with Crippen molar-refractivity contribution in [3.8, 4) is 11.8 Å². The first kappa shape index (κ1) is 21.0. The molecule has 0 aromatic carbocycles. The number of aliphatic hydroxyl groups is 1. The zero-order valence-electron chi connectivity index (χ0n) is 14.5. The molecular weight excluding hydrogens is 276 g/mol. The molecule has 1 N–H and O–H groups in total. The van der Waals surface area contributed by atoms with Crippen LogP contribution in [-0.2, 0) is 9.53 Å². The molecule has 0 unspecified atom stereocenters. The summed E-state index contributed by atoms with van der Waals surface area (Å²) < 4.78 is 4.60. The summed E-state index contributed by atoms with van der Waals surface area (Å²) in [7, 11) is 1.43. The summed E-state index contributed by atoms with van der Waals surface area (Å²) in [4.78, 5) is 10.9. The molecule has 0 saturated heterocycles. The molecule has 0 spiro atoms. The first-order valence-electron chi connectivity index (χ1n) is 8.91. The number of methoxy groups -OCH3 is 1. The molecule has 1 atom stereocenters. The Morgan fingerprint density at radius 2 is 1.68 bits per heavy atom. The van der Waals surface area contributed by atoms with Gasteiger partial charge in [0, 0.05) is 19.3 Å². The minimum atomic E-state index is -0.248. The fourth-order valence-corrected chi connectivity index (χ4v) is 2.30. The van der Waals surface area contributed by atoms with Crippen LogP contribution in [0.4, 0.5) is 0 Å². The monoisotopic (exact) mass is 310 g/mol. The summed E-state index contributed by atoms with van der Waals surface area (Å²) in [6.45, 7) is 2.20. The van der Waals surface area contributed by atoms with E-state index in [1.54, 1.807) is 0 Å². The van der Waals surface area contributed by atoms with E-state index in [2.05, 4.69) is 23.5 Å². The molecule has 0 bridgehead atoms. The lowest BCUT2D eigenvalue weighted by Crippen LogP contribution is -2.04. The van der Waals surface area contributed by atoms with E-state index in [1.807, 2.05) is 0 Å². The summed E-state index contributed by atoms with van der Waals surface area (Å²) >= 11 is 0. The van der Waals surface area contributed by atoms with Crippen LogP contribution in [0.2, 0.25) is 0 Å². The normalized spacial score (nSPS) is 11.6. The van der Waals surface area contributed by atoms with Crippen LogP contribution in [0.25, 0.3) is 0 Å². The Labute approximate surface area is 136 Å². The highest BCUT2D eigenvalue weighted by molar-refractivity contribution is 5.68. The van der Waals surface area contributed by atoms with Crippen molar-refractivity contribution in [2.75, 3.05) is 7.11 Å². The van der Waals surface area contributed by atoms with E-state index in [1.165, 1.54) is 26.4 Å². The van der Waals surface area contributed by atoms with Gasteiger partial charge in [-0.15, -0.1) is 11.8 Å². The number of carbonyl (C=O) groups excluding carboxylic acids is 1. The maximum absolute atomic E-state index is 10.9. The Balaban J connectivity index is 3.32. The van der Waals surface area contributed by atoms with Crippen molar-refractivity contribution >= 4 is 5.97 Å². The van der Waals surface area contributed by atoms with Crippen molar-refractivity contribution < 1.29 is 14.6 Å². The molecule has 0 aliphatic carbocycles. The first-order valence-corrected chi connectivity index (χ1v) is 8.91. The van der Waals surface area contributed by atoms with E-state index in [0.29, 0.717) is 12.8 Å². The van der Waals surface area contributed by atoms with E-state index in [-0.39, 0.29) is 12.1 Å². The van der Waals surface area contributed by atoms with Crippen LogP contribution in [0.5, 0.6) is 0 Å². The fraction of sp³-hybridized carbons (Fsp3) is 0.842. The minimum Gasteiger partial charge on any atom is -0.469 e. The van der Waals surface area contributed by atoms with Gasteiger partial charge in [-0.1, -0.05) is 51.9 Å². The van der Waals surface area contributed by atoms with Gasteiger partial charge in [0.05, 0.1) is 13.2 Å². The lowest BCUT2D eigenvalue weighted by atomic mass is 10.1. The molecule has 0 saturated carbocycles. The number of rotatable bonds is 13. The number of ether oxygens (including phenoxy) is 1. The summed E-state index contributed by atoms with van der Waals surface area (Å²) in [6, 6.07) is 0. The van der Waals surface area contributed by atoms with E-state index in [9.17, 15) is 9.90 Å². The molecular formula is C19H34O3. The molecule has 0 aliphatic rings. The standard InChI is InChI=1S/C19H34O3/c1-3-4-5-12-15-18(20)16-13-10-8-6-7-9-11-14-17-19(21)22-2/h18,20H,3-9,11-12,14-17H2,1-2H3/t18-/m1/s1. The quantitative estimate of drug-likeness (QED) is 0.307. The maximum atomic E-state index is 10.9. The third-order valence-corrected chi connectivity index (χ3v) is 3.76. The van der Waals surface area contributed by atoms with Gasteiger partial charge in [-0.2, -0.15) is 0 Å². The first-order chi connectivity index (χ1) is 10.7. The molecule has 0 aromatic heterocycles. The molecule has 0 amide bonds. The van der Waals surface area contributed by atoms with Crippen molar-refractivity contribution in [1.82, 2.24) is 0 Å². The lowest BCUT2D eigenvalue weighted by molar-refractivity contribution is -0.140. The van der Waals surface area contributed by atoms with Gasteiger partial charge in [-0.25, -0.2) is 0 Å².